The third-order valence-corrected chi connectivity index (χ3v) is 0.877. The summed E-state index contributed by atoms with van der Waals surface area (Å²) in [6.45, 7) is 0. The van der Waals surface area contributed by atoms with Gasteiger partial charge in [0.1, 0.15) is 0 Å². The molecule has 0 atom stereocenters. The molecular weight excluding hydrogens is 110 g/mol. The minimum absolute atomic E-state index is 0.00144. The molecule has 0 aliphatic heterocycles. The molecule has 0 unspecified atom stereocenters. The van der Waals surface area contributed by atoms with Crippen LogP contribution in [0.25, 0.3) is 0 Å². The lowest BCUT2D eigenvalue weighted by Crippen LogP contribution is -2.03. The highest BCUT2D eigenvalue weighted by Crippen LogP contribution is 1.92. The van der Waals surface area contributed by atoms with E-state index in [1.807, 2.05) is 6.07 Å². The third kappa shape index (κ3) is 5.31. The molecule has 0 fully saturated rings. The smallest absolute Gasteiger partial charge is 0.152 e. The van der Waals surface area contributed by atoms with Gasteiger partial charge in [-0.15, -0.1) is 0 Å². The molecule has 0 spiro atoms. The summed E-state index contributed by atoms with van der Waals surface area (Å²) in [6, 6.07) is 1.84. The third-order valence-electron chi connectivity index (χ3n) is 0.292. The molecule has 4 heteroatoms. The molecule has 0 aliphatic carbocycles. The van der Waals surface area contributed by atoms with Gasteiger partial charge in [-0.2, -0.15) is 5.26 Å². The zero-order valence-electron chi connectivity index (χ0n) is 3.64. The Morgan fingerprint density at radius 3 is 2.71 bits per heavy atom. The summed E-state index contributed by atoms with van der Waals surface area (Å²) in [6.07, 6.45) is 0. The molecule has 0 aromatic carbocycles. The number of nitrogens with one attached hydrogen (secondary N) is 1. The van der Waals surface area contributed by atoms with Crippen LogP contribution in [0.1, 0.15) is 0 Å². The summed E-state index contributed by atoms with van der Waals surface area (Å²) in [4.78, 5) is 0. The average molecular weight is 115 g/mol. The van der Waals surface area contributed by atoms with Crippen LogP contribution in [-0.2, 0) is 0 Å². The summed E-state index contributed by atoms with van der Waals surface area (Å²) in [5.41, 5.74) is 4.87. The van der Waals surface area contributed by atoms with E-state index in [1.54, 1.807) is 0 Å². The van der Waals surface area contributed by atoms with E-state index in [0.717, 1.165) is 11.8 Å². The van der Waals surface area contributed by atoms with Crippen molar-refractivity contribution in [1.82, 2.24) is 0 Å². The molecule has 7 heavy (non-hydrogen) atoms. The van der Waals surface area contributed by atoms with Crippen LogP contribution in [0, 0.1) is 16.7 Å². The van der Waals surface area contributed by atoms with E-state index >= 15 is 0 Å². The standard InChI is InChI=1S/C3H5N3S/c4-1-2-7-3(5)6/h2H2,(H3,5,6). The highest BCUT2D eigenvalue weighted by molar-refractivity contribution is 8.13. The number of nitriles is 1. The second-order valence-electron chi connectivity index (χ2n) is 0.811. The van der Waals surface area contributed by atoms with Crippen LogP contribution in [0.5, 0.6) is 0 Å². The molecule has 0 heterocycles. The summed E-state index contributed by atoms with van der Waals surface area (Å²) in [5, 5.41) is 14.5. The minimum Gasteiger partial charge on any atom is -0.379 e. The van der Waals surface area contributed by atoms with Crippen molar-refractivity contribution in [3.8, 4) is 6.07 Å². The second-order valence-corrected chi connectivity index (χ2v) is 1.83. The van der Waals surface area contributed by atoms with E-state index in [2.05, 4.69) is 0 Å². The fourth-order valence-electron chi connectivity index (χ4n) is 0.110. The van der Waals surface area contributed by atoms with Gasteiger partial charge in [0.05, 0.1) is 11.8 Å². The zero-order chi connectivity index (χ0) is 5.70. The molecular formula is C3H5N3S. The zero-order valence-corrected chi connectivity index (χ0v) is 4.46. The monoisotopic (exact) mass is 115 g/mol. The SMILES string of the molecule is N#CCSC(=N)N. The van der Waals surface area contributed by atoms with Gasteiger partial charge in [-0.05, 0) is 0 Å². The van der Waals surface area contributed by atoms with Crippen LogP contribution in [0.2, 0.25) is 0 Å². The van der Waals surface area contributed by atoms with Crippen molar-refractivity contribution < 1.29 is 0 Å². The van der Waals surface area contributed by atoms with Crippen LogP contribution < -0.4 is 5.73 Å². The van der Waals surface area contributed by atoms with Gasteiger partial charge in [-0.3, -0.25) is 5.41 Å². The Bertz CT molecular complexity index is 103. The molecule has 0 saturated heterocycles. The van der Waals surface area contributed by atoms with Gasteiger partial charge in [0.2, 0.25) is 0 Å². The first-order chi connectivity index (χ1) is 3.27. The van der Waals surface area contributed by atoms with Crippen LogP contribution in [0.15, 0.2) is 0 Å². The largest absolute Gasteiger partial charge is 0.379 e. The molecule has 0 radical (unpaired) electrons. The fourth-order valence-corrected chi connectivity index (χ4v) is 0.330. The van der Waals surface area contributed by atoms with Gasteiger partial charge in [0.15, 0.2) is 5.17 Å². The number of hydrogen-bond acceptors (Lipinski definition) is 3. The quantitative estimate of drug-likeness (QED) is 0.377. The Morgan fingerprint density at radius 2 is 2.57 bits per heavy atom. The van der Waals surface area contributed by atoms with Gasteiger partial charge in [-0.1, -0.05) is 11.8 Å². The highest BCUT2D eigenvalue weighted by Gasteiger charge is 1.83. The van der Waals surface area contributed by atoms with Gasteiger partial charge in [0, 0.05) is 0 Å². The lowest BCUT2D eigenvalue weighted by Gasteiger charge is -1.84. The van der Waals surface area contributed by atoms with Crippen LogP contribution in [-0.4, -0.2) is 10.9 Å². The second kappa shape index (κ2) is 3.50. The minimum atomic E-state index is 0.00144. The maximum absolute atomic E-state index is 7.89. The van der Waals surface area contributed by atoms with Crippen molar-refractivity contribution in [1.29, 1.82) is 10.7 Å². The van der Waals surface area contributed by atoms with E-state index in [0.29, 0.717) is 0 Å². The first-order valence-corrected chi connectivity index (χ1v) is 2.59. The van der Waals surface area contributed by atoms with E-state index in [9.17, 15) is 0 Å². The van der Waals surface area contributed by atoms with E-state index < -0.39 is 0 Å². The van der Waals surface area contributed by atoms with Crippen LogP contribution in [0.3, 0.4) is 0 Å². The Balaban J connectivity index is 3.02. The molecule has 0 saturated carbocycles. The van der Waals surface area contributed by atoms with Crippen molar-refractivity contribution in [3.63, 3.8) is 0 Å². The number of nitrogens with two attached hydrogens (primary N) is 1. The van der Waals surface area contributed by atoms with Gasteiger partial charge in [0.25, 0.3) is 0 Å². The van der Waals surface area contributed by atoms with Crippen molar-refractivity contribution in [2.75, 3.05) is 5.75 Å². The molecule has 0 amide bonds. The molecule has 3 nitrogen and oxygen atoms in total. The summed E-state index contributed by atoms with van der Waals surface area (Å²) in [7, 11) is 0. The number of nitrogens with zero attached hydrogens (tertiary/aromatic N) is 1. The number of rotatable bonds is 1. The predicted octanol–water partition coefficient (Wildman–Crippen LogP) is 0.137. The fraction of sp³-hybridized carbons (Fsp3) is 0.333. The molecule has 3 N–H and O–H groups in total. The first-order valence-electron chi connectivity index (χ1n) is 1.61. The number of thioether (sulfide) groups is 1. The lowest BCUT2D eigenvalue weighted by molar-refractivity contribution is 1.49. The topological polar surface area (TPSA) is 73.7 Å². The summed E-state index contributed by atoms with van der Waals surface area (Å²) in [5.74, 6) is 0.273. The van der Waals surface area contributed by atoms with E-state index in [-0.39, 0.29) is 10.9 Å². The van der Waals surface area contributed by atoms with E-state index in [4.69, 9.17) is 16.4 Å². The van der Waals surface area contributed by atoms with Crippen molar-refractivity contribution in [2.45, 2.75) is 0 Å². The molecule has 0 rings (SSSR count). The van der Waals surface area contributed by atoms with Gasteiger partial charge >= 0.3 is 0 Å². The highest BCUT2D eigenvalue weighted by atomic mass is 32.2. The molecule has 38 valence electrons. The normalized spacial score (nSPS) is 7.29. The molecule has 0 aromatic rings. The maximum atomic E-state index is 7.89. The predicted molar refractivity (Wildman–Crippen MR) is 30.0 cm³/mol. The summed E-state index contributed by atoms with van der Waals surface area (Å²) < 4.78 is 0. The lowest BCUT2D eigenvalue weighted by atomic mass is 10.9. The molecule has 0 aromatic heterocycles. The van der Waals surface area contributed by atoms with Gasteiger partial charge in [-0.25, -0.2) is 0 Å². The van der Waals surface area contributed by atoms with Gasteiger partial charge < -0.3 is 5.73 Å². The van der Waals surface area contributed by atoms with Crippen molar-refractivity contribution in [2.24, 2.45) is 5.73 Å². The Morgan fingerprint density at radius 1 is 2.00 bits per heavy atom. The Kier molecular flexibility index (Phi) is 3.15. The maximum Gasteiger partial charge on any atom is 0.152 e. The summed E-state index contributed by atoms with van der Waals surface area (Å²) >= 11 is 1.03. The van der Waals surface area contributed by atoms with Crippen molar-refractivity contribution >= 4 is 16.9 Å². The van der Waals surface area contributed by atoms with Crippen molar-refractivity contribution in [3.05, 3.63) is 0 Å². The molecule has 0 aliphatic rings. The first kappa shape index (κ1) is 6.31. The molecule has 0 bridgehead atoms. The number of hydrogen-bond donors (Lipinski definition) is 2. The van der Waals surface area contributed by atoms with Crippen LogP contribution >= 0.6 is 11.8 Å². The Labute approximate surface area is 46.0 Å². The average Bonchev–Trinajstić information content (AvgIpc) is 1.61. The number of amidine groups is 1. The Hall–Kier alpha value is -0.690. The van der Waals surface area contributed by atoms with Crippen LogP contribution in [0.4, 0.5) is 0 Å². The van der Waals surface area contributed by atoms with E-state index in [1.165, 1.54) is 0 Å².